The average molecular weight is 308 g/mol. The molecule has 0 saturated heterocycles. The normalized spacial score (nSPS) is 21.3. The van der Waals surface area contributed by atoms with Gasteiger partial charge in [0.25, 0.3) is 0 Å². The predicted molar refractivity (Wildman–Crippen MR) is 81.9 cm³/mol. The van der Waals surface area contributed by atoms with Crippen molar-refractivity contribution in [3.05, 3.63) is 47.7 Å². The molecule has 1 aromatic carbocycles. The molecule has 0 spiro atoms. The molecular formula is C17H24O5. The van der Waals surface area contributed by atoms with Crippen molar-refractivity contribution >= 4 is 0 Å². The van der Waals surface area contributed by atoms with Crippen LogP contribution in [0.15, 0.2) is 42.2 Å². The summed E-state index contributed by atoms with van der Waals surface area (Å²) in [4.78, 5) is 0. The molecule has 2 atom stereocenters. The molecule has 1 aromatic rings. The van der Waals surface area contributed by atoms with Crippen LogP contribution >= 0.6 is 0 Å². The molecule has 22 heavy (non-hydrogen) atoms. The third kappa shape index (κ3) is 5.77. The van der Waals surface area contributed by atoms with Crippen molar-refractivity contribution in [1.29, 1.82) is 0 Å². The second kappa shape index (κ2) is 9.58. The van der Waals surface area contributed by atoms with Crippen LogP contribution in [0.2, 0.25) is 0 Å². The zero-order chi connectivity index (χ0) is 15.6. The van der Waals surface area contributed by atoms with Crippen LogP contribution in [-0.2, 0) is 20.8 Å². The molecule has 5 heteroatoms. The molecule has 0 unspecified atom stereocenters. The summed E-state index contributed by atoms with van der Waals surface area (Å²) in [5.41, 5.74) is 1.10. The fourth-order valence-electron chi connectivity index (χ4n) is 2.24. The summed E-state index contributed by atoms with van der Waals surface area (Å²) < 4.78 is 17.0. The lowest BCUT2D eigenvalue weighted by Gasteiger charge is -2.29. The molecule has 2 rings (SSSR count). The summed E-state index contributed by atoms with van der Waals surface area (Å²) >= 11 is 0. The third-order valence-electron chi connectivity index (χ3n) is 3.40. The van der Waals surface area contributed by atoms with Crippen molar-refractivity contribution in [2.75, 3.05) is 19.8 Å². The Morgan fingerprint density at radius 2 is 1.91 bits per heavy atom. The van der Waals surface area contributed by atoms with Crippen molar-refractivity contribution in [3.8, 4) is 0 Å². The number of hydrogen-bond acceptors (Lipinski definition) is 5. The molecule has 1 heterocycles. The lowest BCUT2D eigenvalue weighted by molar-refractivity contribution is -0.153. The Morgan fingerprint density at radius 1 is 1.09 bits per heavy atom. The fraction of sp³-hybridized carbons (Fsp3) is 0.529. The number of aliphatic hydroxyl groups excluding tert-OH is 2. The van der Waals surface area contributed by atoms with Crippen molar-refractivity contribution in [3.63, 3.8) is 0 Å². The highest BCUT2D eigenvalue weighted by molar-refractivity contribution is 5.13. The van der Waals surface area contributed by atoms with Crippen LogP contribution in [0, 0.1) is 0 Å². The van der Waals surface area contributed by atoms with E-state index >= 15 is 0 Å². The van der Waals surface area contributed by atoms with Gasteiger partial charge in [-0.05, 0) is 24.5 Å². The van der Waals surface area contributed by atoms with Crippen LogP contribution in [0.4, 0.5) is 0 Å². The molecular weight excluding hydrogens is 284 g/mol. The van der Waals surface area contributed by atoms with Gasteiger partial charge in [0.15, 0.2) is 0 Å². The summed E-state index contributed by atoms with van der Waals surface area (Å²) in [7, 11) is 0. The molecule has 0 aliphatic carbocycles. The van der Waals surface area contributed by atoms with E-state index in [1.165, 1.54) is 0 Å². The minimum Gasteiger partial charge on any atom is -0.467 e. The molecule has 1 aliphatic rings. The first kappa shape index (κ1) is 17.0. The van der Waals surface area contributed by atoms with E-state index in [1.54, 1.807) is 6.08 Å². The maximum Gasteiger partial charge on any atom is 0.202 e. The fourth-order valence-corrected chi connectivity index (χ4v) is 2.24. The Labute approximate surface area is 131 Å². The van der Waals surface area contributed by atoms with E-state index in [0.29, 0.717) is 31.8 Å². The minimum atomic E-state index is -0.411. The molecule has 0 saturated carbocycles. The van der Waals surface area contributed by atoms with E-state index in [4.69, 9.17) is 19.3 Å². The van der Waals surface area contributed by atoms with Gasteiger partial charge in [0.05, 0.1) is 19.3 Å². The van der Waals surface area contributed by atoms with Crippen LogP contribution in [0.3, 0.4) is 0 Å². The highest BCUT2D eigenvalue weighted by Gasteiger charge is 2.24. The lowest BCUT2D eigenvalue weighted by Crippen LogP contribution is -2.30. The second-order valence-electron chi connectivity index (χ2n) is 5.21. The summed E-state index contributed by atoms with van der Waals surface area (Å²) in [5.74, 6) is 0.483. The van der Waals surface area contributed by atoms with Gasteiger partial charge in [-0.1, -0.05) is 30.3 Å². The van der Waals surface area contributed by atoms with Gasteiger partial charge in [0.1, 0.15) is 12.4 Å². The van der Waals surface area contributed by atoms with Gasteiger partial charge in [0, 0.05) is 13.0 Å². The Kier molecular flexibility index (Phi) is 7.39. The highest BCUT2D eigenvalue weighted by Crippen LogP contribution is 2.21. The molecule has 0 aromatic heterocycles. The van der Waals surface area contributed by atoms with Crippen LogP contribution in [0.5, 0.6) is 0 Å². The number of hydrogen-bond donors (Lipinski definition) is 2. The van der Waals surface area contributed by atoms with Crippen molar-refractivity contribution in [1.82, 2.24) is 0 Å². The maximum atomic E-state index is 9.28. The van der Waals surface area contributed by atoms with Crippen molar-refractivity contribution < 1.29 is 24.4 Å². The molecule has 5 nitrogen and oxygen atoms in total. The first-order valence-electron chi connectivity index (χ1n) is 7.68. The van der Waals surface area contributed by atoms with Gasteiger partial charge < -0.3 is 24.4 Å². The zero-order valence-corrected chi connectivity index (χ0v) is 12.7. The highest BCUT2D eigenvalue weighted by atomic mass is 16.7. The lowest BCUT2D eigenvalue weighted by atomic mass is 10.1. The first-order valence-corrected chi connectivity index (χ1v) is 7.68. The molecule has 0 radical (unpaired) electrons. The van der Waals surface area contributed by atoms with Gasteiger partial charge in [-0.3, -0.25) is 0 Å². The van der Waals surface area contributed by atoms with E-state index in [0.717, 1.165) is 12.0 Å². The molecule has 0 bridgehead atoms. The monoisotopic (exact) mass is 308 g/mol. The number of rotatable bonds is 9. The summed E-state index contributed by atoms with van der Waals surface area (Å²) in [6.45, 7) is 1.04. The number of aliphatic hydroxyl groups is 2. The third-order valence-corrected chi connectivity index (χ3v) is 3.40. The van der Waals surface area contributed by atoms with Crippen molar-refractivity contribution in [2.24, 2.45) is 0 Å². The van der Waals surface area contributed by atoms with Gasteiger partial charge in [-0.25, -0.2) is 0 Å². The average Bonchev–Trinajstić information content (AvgIpc) is 2.57. The van der Waals surface area contributed by atoms with E-state index in [2.05, 4.69) is 0 Å². The smallest absolute Gasteiger partial charge is 0.202 e. The molecule has 2 N–H and O–H groups in total. The molecule has 0 amide bonds. The topological polar surface area (TPSA) is 68.2 Å². The maximum absolute atomic E-state index is 9.28. The quantitative estimate of drug-likeness (QED) is 0.683. The zero-order valence-electron chi connectivity index (χ0n) is 12.7. The van der Waals surface area contributed by atoms with Crippen LogP contribution in [-0.4, -0.2) is 42.4 Å². The van der Waals surface area contributed by atoms with Gasteiger partial charge >= 0.3 is 0 Å². The van der Waals surface area contributed by atoms with E-state index in [1.807, 2.05) is 30.3 Å². The second-order valence-corrected chi connectivity index (χ2v) is 5.21. The van der Waals surface area contributed by atoms with E-state index in [9.17, 15) is 5.11 Å². The van der Waals surface area contributed by atoms with Crippen LogP contribution in [0.25, 0.3) is 0 Å². The van der Waals surface area contributed by atoms with Crippen LogP contribution < -0.4 is 0 Å². The minimum absolute atomic E-state index is 0.140. The molecule has 1 aliphatic heterocycles. The predicted octanol–water partition coefficient (Wildman–Crippen LogP) is 1.98. The van der Waals surface area contributed by atoms with Gasteiger partial charge in [-0.15, -0.1) is 0 Å². The summed E-state index contributed by atoms with van der Waals surface area (Å²) in [5, 5.41) is 18.0. The largest absolute Gasteiger partial charge is 0.467 e. The van der Waals surface area contributed by atoms with E-state index < -0.39 is 6.29 Å². The van der Waals surface area contributed by atoms with Crippen molar-refractivity contribution in [2.45, 2.75) is 38.3 Å². The summed E-state index contributed by atoms with van der Waals surface area (Å²) in [6, 6.07) is 9.95. The number of unbranched alkanes of at least 4 members (excludes halogenated alkanes) is 1. The molecule has 122 valence electrons. The van der Waals surface area contributed by atoms with Gasteiger partial charge in [0.2, 0.25) is 6.29 Å². The Bertz CT molecular complexity index is 446. The number of ether oxygens (including phenoxy) is 3. The molecule has 0 fully saturated rings. The first-order chi connectivity index (χ1) is 10.8. The van der Waals surface area contributed by atoms with E-state index in [-0.39, 0.29) is 19.3 Å². The Morgan fingerprint density at radius 3 is 2.64 bits per heavy atom. The standard InChI is InChI=1S/C17H24O5/c18-8-4-5-9-20-17-11-15(10-16(12-19)22-17)21-13-14-6-2-1-3-7-14/h1-3,6-7,10,15,17-19H,4-5,8-9,11-13H2/t15-,17+/m1/s1. The Balaban J connectivity index is 1.81. The Hall–Kier alpha value is -1.40. The van der Waals surface area contributed by atoms with Crippen LogP contribution in [0.1, 0.15) is 24.8 Å². The SMILES string of the molecule is OCCCCO[C@@H]1C[C@H](OCc2ccccc2)C=C(CO)O1. The number of benzene rings is 1. The van der Waals surface area contributed by atoms with Gasteiger partial charge in [-0.2, -0.15) is 0 Å². The summed E-state index contributed by atoms with van der Waals surface area (Å²) in [6.07, 6.45) is 3.34.